The van der Waals surface area contributed by atoms with Crippen LogP contribution in [0.2, 0.25) is 0 Å². The van der Waals surface area contributed by atoms with Crippen LogP contribution in [0, 0.1) is 11.6 Å². The van der Waals surface area contributed by atoms with Gasteiger partial charge in [0.25, 0.3) is 0 Å². The number of anilines is 1. The average Bonchev–Trinajstić information content (AvgIpc) is 3.36. The molecule has 1 aromatic heterocycles. The Morgan fingerprint density at radius 3 is 2.93 bits per heavy atom. The van der Waals surface area contributed by atoms with Crippen molar-refractivity contribution in [3.63, 3.8) is 0 Å². The normalized spacial score (nSPS) is 12.8. The molecule has 28 heavy (non-hydrogen) atoms. The van der Waals surface area contributed by atoms with Crippen molar-refractivity contribution in [3.8, 4) is 16.9 Å². The Balaban J connectivity index is 1.51. The van der Waals surface area contributed by atoms with Crippen LogP contribution < -0.4 is 15.0 Å². The third-order valence-corrected chi connectivity index (χ3v) is 4.76. The Labute approximate surface area is 160 Å². The van der Waals surface area contributed by atoms with Crippen molar-refractivity contribution in [1.82, 2.24) is 15.5 Å². The van der Waals surface area contributed by atoms with E-state index in [-0.39, 0.29) is 18.4 Å². The van der Waals surface area contributed by atoms with E-state index in [1.807, 2.05) is 0 Å². The maximum atomic E-state index is 14.9. The van der Waals surface area contributed by atoms with Gasteiger partial charge >= 0.3 is 6.03 Å². The summed E-state index contributed by atoms with van der Waals surface area (Å²) in [5.74, 6) is -0.405. The number of carbonyl (C=O) groups excluding carboxylic acids is 1. The molecule has 0 aliphatic carbocycles. The number of nitrogens with zero attached hydrogens (tertiary/aromatic N) is 2. The van der Waals surface area contributed by atoms with Gasteiger partial charge in [-0.05, 0) is 36.2 Å². The molecule has 4 rings (SSSR count). The number of amides is 2. The quantitative estimate of drug-likeness (QED) is 0.722. The van der Waals surface area contributed by atoms with Crippen LogP contribution in [0.1, 0.15) is 11.1 Å². The minimum absolute atomic E-state index is 0.133. The molecule has 2 N–H and O–H groups in total. The number of ether oxygens (including phenoxy) is 1. The molecule has 1 aliphatic heterocycles. The van der Waals surface area contributed by atoms with E-state index in [4.69, 9.17) is 4.74 Å². The molecule has 3 aromatic rings. The summed E-state index contributed by atoms with van der Waals surface area (Å²) in [6.45, 7) is 0.508. The van der Waals surface area contributed by atoms with Crippen LogP contribution in [0.25, 0.3) is 11.1 Å². The van der Waals surface area contributed by atoms with Crippen molar-refractivity contribution in [3.05, 3.63) is 65.5 Å². The van der Waals surface area contributed by atoms with Gasteiger partial charge in [0.05, 0.1) is 19.0 Å². The number of aromatic nitrogens is 2. The molecule has 0 spiro atoms. The molecule has 0 atom stereocenters. The minimum Gasteiger partial charge on any atom is -0.497 e. The van der Waals surface area contributed by atoms with Gasteiger partial charge in [-0.3, -0.25) is 10.00 Å². The molecule has 0 bridgehead atoms. The first-order valence-corrected chi connectivity index (χ1v) is 8.76. The van der Waals surface area contributed by atoms with Crippen molar-refractivity contribution >= 4 is 11.7 Å². The highest BCUT2D eigenvalue weighted by molar-refractivity contribution is 5.94. The van der Waals surface area contributed by atoms with E-state index in [2.05, 4.69) is 15.5 Å². The first kappa shape index (κ1) is 18.0. The van der Waals surface area contributed by atoms with Crippen molar-refractivity contribution < 1.29 is 18.3 Å². The summed E-state index contributed by atoms with van der Waals surface area (Å²) < 4.78 is 33.5. The van der Waals surface area contributed by atoms with E-state index >= 15 is 0 Å². The number of hydrogen-bond acceptors (Lipinski definition) is 3. The molecule has 0 saturated heterocycles. The zero-order valence-electron chi connectivity index (χ0n) is 15.1. The molecular formula is C20H18F2N4O2. The zero-order valence-corrected chi connectivity index (χ0v) is 15.1. The second kappa shape index (κ2) is 7.30. The molecule has 6 nitrogen and oxygen atoms in total. The lowest BCUT2D eigenvalue weighted by atomic mass is 10.0. The molecule has 2 heterocycles. The molecule has 0 radical (unpaired) electrons. The van der Waals surface area contributed by atoms with E-state index in [9.17, 15) is 13.6 Å². The lowest BCUT2D eigenvalue weighted by Gasteiger charge is -2.19. The SMILES string of the molecule is COc1cc(F)cc(CNC(=O)N2CCc3c2ccc(-c2cn[nH]c2)c3F)c1. The Kier molecular flexibility index (Phi) is 4.68. The summed E-state index contributed by atoms with van der Waals surface area (Å²) in [6.07, 6.45) is 3.60. The molecule has 0 fully saturated rings. The van der Waals surface area contributed by atoms with Gasteiger partial charge in [-0.2, -0.15) is 5.10 Å². The summed E-state index contributed by atoms with van der Waals surface area (Å²) in [5.41, 5.74) is 2.72. The standard InChI is InChI=1S/C20H18F2N4O2/c1-28-15-7-12(6-14(21)8-15)9-23-20(27)26-5-4-17-18(26)3-2-16(19(17)22)13-10-24-25-11-13/h2-3,6-8,10-11H,4-5,9H2,1H3,(H,23,27)(H,24,25). The number of carbonyl (C=O) groups is 1. The van der Waals surface area contributed by atoms with Crippen LogP contribution in [0.15, 0.2) is 42.7 Å². The summed E-state index contributed by atoms with van der Waals surface area (Å²) in [7, 11) is 1.45. The summed E-state index contributed by atoms with van der Waals surface area (Å²) >= 11 is 0. The van der Waals surface area contributed by atoms with Crippen molar-refractivity contribution in [1.29, 1.82) is 0 Å². The minimum atomic E-state index is -0.441. The second-order valence-electron chi connectivity index (χ2n) is 6.47. The Morgan fingerprint density at radius 1 is 1.32 bits per heavy atom. The number of nitrogens with one attached hydrogen (secondary N) is 2. The highest BCUT2D eigenvalue weighted by Crippen LogP contribution is 2.35. The number of hydrogen-bond donors (Lipinski definition) is 2. The molecule has 2 amide bonds. The fraction of sp³-hybridized carbons (Fsp3) is 0.200. The van der Waals surface area contributed by atoms with Gasteiger partial charge in [-0.15, -0.1) is 0 Å². The Bertz CT molecular complexity index is 1020. The molecule has 2 aromatic carbocycles. The van der Waals surface area contributed by atoms with E-state index in [1.165, 1.54) is 24.1 Å². The third kappa shape index (κ3) is 3.28. The number of rotatable bonds is 4. The van der Waals surface area contributed by atoms with Crippen LogP contribution in [-0.4, -0.2) is 29.9 Å². The lowest BCUT2D eigenvalue weighted by Crippen LogP contribution is -2.38. The molecule has 1 aliphatic rings. The predicted octanol–water partition coefficient (Wildman–Crippen LogP) is 3.64. The van der Waals surface area contributed by atoms with Gasteiger partial charge in [0.2, 0.25) is 0 Å². The van der Waals surface area contributed by atoms with E-state index in [0.717, 1.165) is 0 Å². The number of benzene rings is 2. The lowest BCUT2D eigenvalue weighted by molar-refractivity contribution is 0.246. The van der Waals surface area contributed by atoms with Crippen molar-refractivity contribution in [2.24, 2.45) is 0 Å². The average molecular weight is 384 g/mol. The van der Waals surface area contributed by atoms with Gasteiger partial charge in [0.15, 0.2) is 0 Å². The van der Waals surface area contributed by atoms with Gasteiger partial charge in [-0.1, -0.05) is 0 Å². The zero-order chi connectivity index (χ0) is 19.7. The van der Waals surface area contributed by atoms with Gasteiger partial charge < -0.3 is 10.1 Å². The van der Waals surface area contributed by atoms with Crippen LogP contribution >= 0.6 is 0 Å². The number of halogens is 2. The number of fused-ring (bicyclic) bond motifs is 1. The summed E-state index contributed by atoms with van der Waals surface area (Å²) in [4.78, 5) is 14.1. The molecular weight excluding hydrogens is 366 g/mol. The maximum absolute atomic E-state index is 14.9. The van der Waals surface area contributed by atoms with Crippen molar-refractivity contribution in [2.75, 3.05) is 18.6 Å². The fourth-order valence-corrected chi connectivity index (χ4v) is 3.39. The monoisotopic (exact) mass is 384 g/mol. The van der Waals surface area contributed by atoms with Crippen LogP contribution in [0.5, 0.6) is 5.75 Å². The topological polar surface area (TPSA) is 70.2 Å². The van der Waals surface area contributed by atoms with E-state index < -0.39 is 5.82 Å². The second-order valence-corrected chi connectivity index (χ2v) is 6.47. The van der Waals surface area contributed by atoms with Gasteiger partial charge in [0, 0.05) is 42.0 Å². The van der Waals surface area contributed by atoms with Gasteiger partial charge in [0.1, 0.15) is 17.4 Å². The Morgan fingerprint density at radius 2 is 2.18 bits per heavy atom. The number of aromatic amines is 1. The Hall–Kier alpha value is -3.42. The highest BCUT2D eigenvalue weighted by atomic mass is 19.1. The van der Waals surface area contributed by atoms with Crippen LogP contribution in [0.3, 0.4) is 0 Å². The summed E-state index contributed by atoms with van der Waals surface area (Å²) in [6, 6.07) is 7.26. The first-order chi connectivity index (χ1) is 13.6. The fourth-order valence-electron chi connectivity index (χ4n) is 3.39. The summed E-state index contributed by atoms with van der Waals surface area (Å²) in [5, 5.41) is 9.26. The number of urea groups is 1. The largest absolute Gasteiger partial charge is 0.497 e. The number of H-pyrrole nitrogens is 1. The predicted molar refractivity (Wildman–Crippen MR) is 100 cm³/mol. The first-order valence-electron chi connectivity index (χ1n) is 8.76. The molecule has 8 heteroatoms. The molecule has 0 saturated carbocycles. The van der Waals surface area contributed by atoms with Crippen LogP contribution in [-0.2, 0) is 13.0 Å². The van der Waals surface area contributed by atoms with E-state index in [1.54, 1.807) is 30.6 Å². The molecule has 144 valence electrons. The third-order valence-electron chi connectivity index (χ3n) is 4.76. The number of methoxy groups -OCH3 is 1. The highest BCUT2D eigenvalue weighted by Gasteiger charge is 2.28. The molecule has 0 unspecified atom stereocenters. The maximum Gasteiger partial charge on any atom is 0.322 e. The van der Waals surface area contributed by atoms with Gasteiger partial charge in [-0.25, -0.2) is 13.6 Å². The smallest absolute Gasteiger partial charge is 0.322 e. The van der Waals surface area contributed by atoms with Crippen LogP contribution in [0.4, 0.5) is 19.3 Å². The van der Waals surface area contributed by atoms with Crippen molar-refractivity contribution in [2.45, 2.75) is 13.0 Å². The van der Waals surface area contributed by atoms with E-state index in [0.29, 0.717) is 46.7 Å².